The van der Waals surface area contributed by atoms with Gasteiger partial charge in [-0.1, -0.05) is 17.8 Å². The molecule has 0 N–H and O–H groups in total. The molecule has 7 heteroatoms. The van der Waals surface area contributed by atoms with Crippen molar-refractivity contribution in [2.24, 2.45) is 0 Å². The number of tetrazole rings is 1. The van der Waals surface area contributed by atoms with E-state index in [-0.39, 0.29) is 6.29 Å². The van der Waals surface area contributed by atoms with Gasteiger partial charge in [-0.25, -0.2) is 4.68 Å². The van der Waals surface area contributed by atoms with Gasteiger partial charge >= 0.3 is 0 Å². The zero-order chi connectivity index (χ0) is 11.8. The average molecular weight is 244 g/mol. The number of thioether (sulfide) groups is 1. The zero-order valence-electron chi connectivity index (χ0n) is 9.50. The molecule has 1 aromatic rings. The third-order valence-electron chi connectivity index (χ3n) is 1.90. The summed E-state index contributed by atoms with van der Waals surface area (Å²) >= 11 is 1.59. The first-order valence-electron chi connectivity index (χ1n) is 4.87. The van der Waals surface area contributed by atoms with Crippen molar-refractivity contribution < 1.29 is 9.47 Å². The minimum absolute atomic E-state index is 0.331. The first-order chi connectivity index (χ1) is 7.81. The topological polar surface area (TPSA) is 62.1 Å². The number of hydrogen-bond acceptors (Lipinski definition) is 6. The van der Waals surface area contributed by atoms with Crippen LogP contribution in [0.2, 0.25) is 0 Å². The molecule has 0 spiro atoms. The van der Waals surface area contributed by atoms with Crippen LogP contribution in [-0.2, 0) is 16.0 Å². The van der Waals surface area contributed by atoms with E-state index in [0.29, 0.717) is 6.54 Å². The number of aromatic nitrogens is 4. The van der Waals surface area contributed by atoms with Crippen LogP contribution in [0, 0.1) is 0 Å². The lowest BCUT2D eigenvalue weighted by Gasteiger charge is -2.13. The van der Waals surface area contributed by atoms with Crippen molar-refractivity contribution in [1.82, 2.24) is 20.2 Å². The van der Waals surface area contributed by atoms with Crippen LogP contribution in [0.25, 0.3) is 0 Å². The van der Waals surface area contributed by atoms with Gasteiger partial charge in [0.15, 0.2) is 6.29 Å². The molecule has 1 aromatic heterocycles. The molecule has 6 nitrogen and oxygen atoms in total. The second kappa shape index (κ2) is 7.37. The Morgan fingerprint density at radius 1 is 1.50 bits per heavy atom. The third kappa shape index (κ3) is 3.92. The van der Waals surface area contributed by atoms with Gasteiger partial charge in [0.2, 0.25) is 5.16 Å². The summed E-state index contributed by atoms with van der Waals surface area (Å²) in [6.45, 7) is 4.15. The van der Waals surface area contributed by atoms with Crippen molar-refractivity contribution >= 4 is 11.8 Å². The van der Waals surface area contributed by atoms with Crippen molar-refractivity contribution in [1.29, 1.82) is 0 Å². The predicted molar refractivity (Wildman–Crippen MR) is 61.2 cm³/mol. The molecular formula is C9H16N4O2S. The summed E-state index contributed by atoms with van der Waals surface area (Å²) in [7, 11) is 3.17. The maximum Gasteiger partial charge on any atom is 0.209 e. The second-order valence-corrected chi connectivity index (χ2v) is 4.03. The molecule has 0 aliphatic heterocycles. The van der Waals surface area contributed by atoms with Crippen molar-refractivity contribution in [3.05, 3.63) is 12.7 Å². The standard InChI is InChI=1S/C9H16N4O2S/c1-4-5-6-16-9-10-11-12-13(9)7-8(14-2)15-3/h4,8H,1,5-7H2,2-3H3. The van der Waals surface area contributed by atoms with Crippen molar-refractivity contribution in [3.63, 3.8) is 0 Å². The van der Waals surface area contributed by atoms with Gasteiger partial charge in [0.1, 0.15) is 0 Å². The Bertz CT molecular complexity index is 314. The molecule has 0 aliphatic rings. The molecule has 90 valence electrons. The maximum absolute atomic E-state index is 5.09. The predicted octanol–water partition coefficient (Wildman–Crippen LogP) is 0.960. The quantitative estimate of drug-likeness (QED) is 0.294. The Labute approximate surface area is 99.0 Å². The van der Waals surface area contributed by atoms with Gasteiger partial charge in [0.25, 0.3) is 0 Å². The SMILES string of the molecule is C=CCCSc1nnnn1CC(OC)OC. The molecule has 0 aliphatic carbocycles. The van der Waals surface area contributed by atoms with Gasteiger partial charge in [0.05, 0.1) is 6.54 Å². The Hall–Kier alpha value is -0.920. The summed E-state index contributed by atoms with van der Waals surface area (Å²) in [6.07, 6.45) is 2.46. The van der Waals surface area contributed by atoms with Gasteiger partial charge in [0, 0.05) is 20.0 Å². The van der Waals surface area contributed by atoms with Gasteiger partial charge in [-0.15, -0.1) is 11.7 Å². The van der Waals surface area contributed by atoms with Crippen LogP contribution in [0.5, 0.6) is 0 Å². The molecule has 0 amide bonds. The molecule has 0 saturated heterocycles. The molecule has 0 fully saturated rings. The first-order valence-corrected chi connectivity index (χ1v) is 5.85. The number of hydrogen-bond donors (Lipinski definition) is 0. The number of ether oxygens (including phenoxy) is 2. The van der Waals surface area contributed by atoms with Crippen molar-refractivity contribution in [2.75, 3.05) is 20.0 Å². The Kier molecular flexibility index (Phi) is 6.05. The summed E-state index contributed by atoms with van der Waals surface area (Å²) in [5, 5.41) is 12.2. The van der Waals surface area contributed by atoms with Gasteiger partial charge in [-0.3, -0.25) is 0 Å². The van der Waals surface area contributed by atoms with E-state index in [1.165, 1.54) is 0 Å². The Morgan fingerprint density at radius 3 is 2.88 bits per heavy atom. The van der Waals surface area contributed by atoms with E-state index in [4.69, 9.17) is 9.47 Å². The minimum Gasteiger partial charge on any atom is -0.354 e. The molecular weight excluding hydrogens is 228 g/mol. The van der Waals surface area contributed by atoms with Crippen LogP contribution < -0.4 is 0 Å². The Balaban J connectivity index is 2.52. The number of allylic oxidation sites excluding steroid dienone is 1. The van der Waals surface area contributed by atoms with E-state index in [9.17, 15) is 0 Å². The van der Waals surface area contributed by atoms with Crippen molar-refractivity contribution in [3.8, 4) is 0 Å². The van der Waals surface area contributed by atoms with E-state index in [0.717, 1.165) is 17.3 Å². The van der Waals surface area contributed by atoms with Crippen LogP contribution in [0.3, 0.4) is 0 Å². The summed E-state index contributed by atoms with van der Waals surface area (Å²) in [5.41, 5.74) is 0. The molecule has 0 radical (unpaired) electrons. The number of nitrogens with zero attached hydrogens (tertiary/aromatic N) is 4. The molecule has 1 heterocycles. The summed E-state index contributed by atoms with van der Waals surface area (Å²) < 4.78 is 11.9. The Morgan fingerprint density at radius 2 is 2.25 bits per heavy atom. The van der Waals surface area contributed by atoms with Gasteiger partial charge < -0.3 is 9.47 Å². The lowest BCUT2D eigenvalue weighted by molar-refractivity contribution is -0.113. The van der Waals surface area contributed by atoms with E-state index >= 15 is 0 Å². The normalized spacial score (nSPS) is 10.9. The molecule has 0 atom stereocenters. The van der Waals surface area contributed by atoms with Crippen LogP contribution in [0.15, 0.2) is 17.8 Å². The van der Waals surface area contributed by atoms with Gasteiger partial charge in [-0.2, -0.15) is 0 Å². The summed E-state index contributed by atoms with van der Waals surface area (Å²) in [4.78, 5) is 0. The highest BCUT2D eigenvalue weighted by Gasteiger charge is 2.12. The molecule has 0 unspecified atom stereocenters. The third-order valence-corrected chi connectivity index (χ3v) is 2.89. The minimum atomic E-state index is -0.331. The highest BCUT2D eigenvalue weighted by Crippen LogP contribution is 2.15. The smallest absolute Gasteiger partial charge is 0.209 e. The molecule has 16 heavy (non-hydrogen) atoms. The number of rotatable bonds is 8. The molecule has 1 rings (SSSR count). The molecule has 0 aromatic carbocycles. The zero-order valence-corrected chi connectivity index (χ0v) is 10.3. The maximum atomic E-state index is 5.09. The summed E-state index contributed by atoms with van der Waals surface area (Å²) in [5.74, 6) is 0.911. The second-order valence-electron chi connectivity index (χ2n) is 2.97. The van der Waals surface area contributed by atoms with E-state index in [1.54, 1.807) is 30.7 Å². The fourth-order valence-corrected chi connectivity index (χ4v) is 1.86. The molecule has 0 saturated carbocycles. The van der Waals surface area contributed by atoms with Crippen LogP contribution in [-0.4, -0.2) is 46.5 Å². The largest absolute Gasteiger partial charge is 0.354 e. The van der Waals surface area contributed by atoms with E-state index in [2.05, 4.69) is 22.1 Å². The fourth-order valence-electron chi connectivity index (χ4n) is 1.03. The number of methoxy groups -OCH3 is 2. The summed E-state index contributed by atoms with van der Waals surface area (Å²) in [6, 6.07) is 0. The highest BCUT2D eigenvalue weighted by atomic mass is 32.2. The molecule has 0 bridgehead atoms. The fraction of sp³-hybridized carbons (Fsp3) is 0.667. The first kappa shape index (κ1) is 13.1. The lowest BCUT2D eigenvalue weighted by Crippen LogP contribution is -2.21. The monoisotopic (exact) mass is 244 g/mol. The van der Waals surface area contributed by atoms with E-state index in [1.807, 2.05) is 6.08 Å². The van der Waals surface area contributed by atoms with Gasteiger partial charge in [-0.05, 0) is 16.8 Å². The van der Waals surface area contributed by atoms with Crippen LogP contribution >= 0.6 is 11.8 Å². The van der Waals surface area contributed by atoms with Crippen LogP contribution in [0.4, 0.5) is 0 Å². The lowest BCUT2D eigenvalue weighted by atomic mass is 10.5. The average Bonchev–Trinajstić information content (AvgIpc) is 2.74. The van der Waals surface area contributed by atoms with E-state index < -0.39 is 0 Å². The van der Waals surface area contributed by atoms with Crippen molar-refractivity contribution in [2.45, 2.75) is 24.4 Å². The highest BCUT2D eigenvalue weighted by molar-refractivity contribution is 7.99. The van der Waals surface area contributed by atoms with Crippen LogP contribution in [0.1, 0.15) is 6.42 Å².